The van der Waals surface area contributed by atoms with Crippen molar-refractivity contribution in [1.82, 2.24) is 0 Å². The highest BCUT2D eigenvalue weighted by Crippen LogP contribution is 2.13. The second kappa shape index (κ2) is 29.3. The van der Waals surface area contributed by atoms with E-state index in [1.54, 1.807) is 0 Å². The fraction of sp³-hybridized carbons (Fsp3) is 1.00. The van der Waals surface area contributed by atoms with Crippen LogP contribution < -0.4 is 12.4 Å². The predicted octanol–water partition coefficient (Wildman–Crippen LogP) is 5.61. The molecule has 0 fully saturated rings. The number of quaternary nitrogens is 1. The average Bonchev–Trinajstić information content (AvgIpc) is 2.52. The summed E-state index contributed by atoms with van der Waals surface area (Å²) in [7, 11) is 4.87. The van der Waals surface area contributed by atoms with Gasteiger partial charge in [-0.15, -0.1) is 37.2 Å². The maximum absolute atomic E-state index is 2.43. The summed E-state index contributed by atoms with van der Waals surface area (Å²) in [5.74, 6) is 0. The second-order valence-corrected chi connectivity index (χ2v) is 8.33. The fourth-order valence-electron chi connectivity index (χ4n) is 3.46. The molecule has 0 aliphatic rings. The van der Waals surface area contributed by atoms with Gasteiger partial charge >= 0.3 is 0 Å². The zero-order valence-electron chi connectivity index (χ0n) is 18.8. The summed E-state index contributed by atoms with van der Waals surface area (Å²) in [6.07, 6.45) is 23.0. The lowest BCUT2D eigenvalue weighted by molar-refractivity contribution is -0.890. The Kier molecular flexibility index (Phi) is 42.0. The molecular weight excluding hydrogens is 420 g/mol. The Morgan fingerprint density at radius 3 is 0.889 bits per heavy atom. The molecule has 0 amide bonds. The maximum atomic E-state index is 2.43. The lowest BCUT2D eigenvalue weighted by atomic mass is 10.1. The largest absolute Gasteiger partial charge is 1.00 e. The van der Waals surface area contributed by atoms with Crippen LogP contribution in [0.15, 0.2) is 0 Å². The summed E-state index contributed by atoms with van der Waals surface area (Å²) < 4.78 is 1.24. The summed E-state index contributed by atoms with van der Waals surface area (Å²) in [6, 6.07) is 0. The van der Waals surface area contributed by atoms with Crippen molar-refractivity contribution < 1.29 is 16.9 Å². The van der Waals surface area contributed by atoms with Gasteiger partial charge in [-0.25, -0.2) is 0 Å². The van der Waals surface area contributed by atoms with Crippen LogP contribution in [-0.4, -0.2) is 31.7 Å². The molecule has 0 unspecified atom stereocenters. The number of hydrogen-bond donors (Lipinski definition) is 0. The van der Waals surface area contributed by atoms with Gasteiger partial charge in [0.1, 0.15) is 0 Å². The molecule has 1 nitrogen and oxygen atoms in total. The highest BCUT2D eigenvalue weighted by molar-refractivity contribution is 5.86. The topological polar surface area (TPSA) is 0 Å². The molecular formula is C22H51Cl4N. The molecule has 0 aliphatic carbocycles. The van der Waals surface area contributed by atoms with Crippen LogP contribution in [-0.2, 0) is 0 Å². The first kappa shape index (κ1) is 38.7. The molecule has 27 heavy (non-hydrogen) atoms. The Morgan fingerprint density at radius 2 is 0.630 bits per heavy atom. The van der Waals surface area contributed by atoms with Crippen LogP contribution >= 0.6 is 37.2 Å². The van der Waals surface area contributed by atoms with Crippen LogP contribution in [0, 0.1) is 0 Å². The van der Waals surface area contributed by atoms with Crippen molar-refractivity contribution in [1.29, 1.82) is 0 Å². The van der Waals surface area contributed by atoms with E-state index in [2.05, 4.69) is 27.9 Å². The lowest BCUT2D eigenvalue weighted by Gasteiger charge is -2.30. The lowest BCUT2D eigenvalue weighted by Crippen LogP contribution is -3.00. The normalized spacial score (nSPS) is 10.2. The summed E-state index contributed by atoms with van der Waals surface area (Å²) in [6.45, 7) is 7.36. The van der Waals surface area contributed by atoms with Gasteiger partial charge in [0.05, 0.1) is 27.2 Å². The third-order valence-electron chi connectivity index (χ3n) is 5.23. The monoisotopic (exact) mass is 469 g/mol. The molecule has 0 aromatic heterocycles. The Bertz CT molecular complexity index is 216. The fourth-order valence-corrected chi connectivity index (χ4v) is 3.46. The predicted molar refractivity (Wildman–Crippen MR) is 129 cm³/mol. The molecule has 0 spiro atoms. The molecule has 0 atom stereocenters. The molecule has 172 valence electrons. The van der Waals surface area contributed by atoms with Gasteiger partial charge in [0.2, 0.25) is 0 Å². The molecule has 0 bridgehead atoms. The third-order valence-corrected chi connectivity index (χ3v) is 5.23. The first-order chi connectivity index (χ1) is 11.1. The summed E-state index contributed by atoms with van der Waals surface area (Å²) in [5, 5.41) is 0. The third kappa shape index (κ3) is 32.0. The van der Waals surface area contributed by atoms with Crippen molar-refractivity contribution in [2.75, 3.05) is 27.2 Å². The highest BCUT2D eigenvalue weighted by Gasteiger charge is 2.13. The van der Waals surface area contributed by atoms with Crippen LogP contribution in [0.1, 0.15) is 117 Å². The highest BCUT2D eigenvalue weighted by atomic mass is 35.5. The standard InChI is InChI=1S/C22H48N.4ClH/c1-5-7-9-11-13-15-17-19-21-23(3,4)22-20-18-16-14-12-10-8-6-2;;;;/h5-22H2,1-4H3;4*1H/q+1;;;;/p-1. The van der Waals surface area contributed by atoms with E-state index >= 15 is 0 Å². The maximum Gasteiger partial charge on any atom is 0.0782 e. The SMILES string of the molecule is CCCCCCCCCC[N+](C)(C)CCCCCCCCCC.Cl.Cl.Cl.[Cl-]. The molecule has 5 heteroatoms. The van der Waals surface area contributed by atoms with E-state index in [9.17, 15) is 0 Å². The van der Waals surface area contributed by atoms with E-state index in [0.29, 0.717) is 0 Å². The quantitative estimate of drug-likeness (QED) is 0.180. The molecule has 0 aromatic rings. The van der Waals surface area contributed by atoms with Gasteiger partial charge in [0, 0.05) is 0 Å². The first-order valence-electron chi connectivity index (χ1n) is 10.9. The van der Waals surface area contributed by atoms with Crippen molar-refractivity contribution in [2.24, 2.45) is 0 Å². The molecule has 0 saturated carbocycles. The van der Waals surface area contributed by atoms with Crippen LogP contribution in [0.5, 0.6) is 0 Å². The van der Waals surface area contributed by atoms with Gasteiger partial charge in [-0.1, -0.05) is 90.9 Å². The summed E-state index contributed by atoms with van der Waals surface area (Å²) in [5.41, 5.74) is 0. The van der Waals surface area contributed by atoms with E-state index in [0.717, 1.165) is 0 Å². The van der Waals surface area contributed by atoms with E-state index in [1.807, 2.05) is 0 Å². The van der Waals surface area contributed by atoms with Crippen molar-refractivity contribution in [3.63, 3.8) is 0 Å². The van der Waals surface area contributed by atoms with Gasteiger partial charge in [0.15, 0.2) is 0 Å². The molecule has 0 aliphatic heterocycles. The van der Waals surface area contributed by atoms with Crippen LogP contribution in [0.3, 0.4) is 0 Å². The van der Waals surface area contributed by atoms with Crippen molar-refractivity contribution in [3.8, 4) is 0 Å². The zero-order valence-corrected chi connectivity index (χ0v) is 22.0. The first-order valence-corrected chi connectivity index (χ1v) is 10.9. The van der Waals surface area contributed by atoms with E-state index in [-0.39, 0.29) is 49.6 Å². The zero-order chi connectivity index (χ0) is 17.2. The van der Waals surface area contributed by atoms with Crippen LogP contribution in [0.4, 0.5) is 0 Å². The Balaban J connectivity index is -0.000000403. The van der Waals surface area contributed by atoms with Crippen LogP contribution in [0.25, 0.3) is 0 Å². The molecule has 0 saturated heterocycles. The van der Waals surface area contributed by atoms with E-state index in [1.165, 1.54) is 120 Å². The average molecular weight is 471 g/mol. The molecule has 0 N–H and O–H groups in total. The number of rotatable bonds is 18. The van der Waals surface area contributed by atoms with Gasteiger partial charge < -0.3 is 16.9 Å². The Labute approximate surface area is 197 Å². The number of nitrogens with zero attached hydrogens (tertiary/aromatic N) is 1. The Morgan fingerprint density at radius 1 is 0.407 bits per heavy atom. The second-order valence-electron chi connectivity index (χ2n) is 8.33. The minimum absolute atomic E-state index is 0. The minimum atomic E-state index is 0. The molecule has 0 rings (SSSR count). The minimum Gasteiger partial charge on any atom is -1.00 e. The molecule has 0 radical (unpaired) electrons. The number of unbranched alkanes of at least 4 members (excludes halogenated alkanes) is 14. The van der Waals surface area contributed by atoms with Crippen molar-refractivity contribution >= 4 is 37.2 Å². The van der Waals surface area contributed by atoms with Gasteiger partial charge in [-0.3, -0.25) is 0 Å². The molecule has 0 heterocycles. The summed E-state index contributed by atoms with van der Waals surface area (Å²) in [4.78, 5) is 0. The Hall–Kier alpha value is 1.12. The van der Waals surface area contributed by atoms with E-state index in [4.69, 9.17) is 0 Å². The van der Waals surface area contributed by atoms with Crippen LogP contribution in [0.2, 0.25) is 0 Å². The molecule has 0 aromatic carbocycles. The number of halogens is 4. The van der Waals surface area contributed by atoms with Crippen molar-refractivity contribution in [3.05, 3.63) is 0 Å². The van der Waals surface area contributed by atoms with Gasteiger partial charge in [-0.05, 0) is 25.7 Å². The van der Waals surface area contributed by atoms with Gasteiger partial charge in [0.25, 0.3) is 0 Å². The van der Waals surface area contributed by atoms with Gasteiger partial charge in [-0.2, -0.15) is 0 Å². The van der Waals surface area contributed by atoms with Crippen molar-refractivity contribution in [2.45, 2.75) is 117 Å². The number of hydrogen-bond acceptors (Lipinski definition) is 0. The van der Waals surface area contributed by atoms with E-state index < -0.39 is 0 Å². The smallest absolute Gasteiger partial charge is 0.0782 e. The summed E-state index contributed by atoms with van der Waals surface area (Å²) >= 11 is 0.